The Morgan fingerprint density at radius 2 is 2.16 bits per heavy atom. The number of rotatable bonds is 8. The molecule has 1 rings (SSSR count). The average molecular weight is 332 g/mol. The van der Waals surface area contributed by atoms with E-state index < -0.39 is 0 Å². The normalized spacial score (nSPS) is 14.4. The lowest BCUT2D eigenvalue weighted by molar-refractivity contribution is 0.169. The highest BCUT2D eigenvalue weighted by Crippen LogP contribution is 2.32. The van der Waals surface area contributed by atoms with Crippen LogP contribution in [0.5, 0.6) is 0 Å². The molecule has 0 amide bonds. The zero-order valence-electron chi connectivity index (χ0n) is 11.9. The van der Waals surface area contributed by atoms with E-state index in [2.05, 4.69) is 35.1 Å². The minimum Gasteiger partial charge on any atom is -0.385 e. The largest absolute Gasteiger partial charge is 0.385 e. The molecule has 0 saturated heterocycles. The molecule has 108 valence electrons. The third-order valence-corrected chi connectivity index (χ3v) is 3.96. The Morgan fingerprint density at radius 1 is 1.42 bits per heavy atom. The fourth-order valence-electron chi connectivity index (χ4n) is 2.17. The van der Waals surface area contributed by atoms with Crippen molar-refractivity contribution in [1.29, 1.82) is 0 Å². The maximum Gasteiger partial charge on any atom is 0.129 e. The first-order valence-corrected chi connectivity index (χ1v) is 7.57. The summed E-state index contributed by atoms with van der Waals surface area (Å²) in [5, 5.41) is 3.45. The van der Waals surface area contributed by atoms with Gasteiger partial charge in [0, 0.05) is 29.8 Å². The molecule has 0 bridgehead atoms. The molecule has 4 heteroatoms. The van der Waals surface area contributed by atoms with Gasteiger partial charge in [0.15, 0.2) is 0 Å². The van der Waals surface area contributed by atoms with Gasteiger partial charge in [0.25, 0.3) is 0 Å². The van der Waals surface area contributed by atoms with E-state index in [1.807, 2.05) is 6.07 Å². The third kappa shape index (κ3) is 4.86. The number of hydrogen-bond donors (Lipinski definition) is 1. The van der Waals surface area contributed by atoms with E-state index in [9.17, 15) is 4.39 Å². The van der Waals surface area contributed by atoms with Crippen molar-refractivity contribution in [1.82, 2.24) is 5.32 Å². The van der Waals surface area contributed by atoms with E-state index in [4.69, 9.17) is 4.74 Å². The first-order chi connectivity index (χ1) is 9.11. The Kier molecular flexibility index (Phi) is 7.57. The lowest BCUT2D eigenvalue weighted by atomic mass is 9.91. The molecule has 0 spiro atoms. The molecule has 1 aromatic carbocycles. The van der Waals surface area contributed by atoms with Crippen LogP contribution in [0.2, 0.25) is 0 Å². The summed E-state index contributed by atoms with van der Waals surface area (Å²) in [5.41, 5.74) is 0.722. The van der Waals surface area contributed by atoms with Crippen LogP contribution in [0.15, 0.2) is 22.7 Å². The van der Waals surface area contributed by atoms with Crippen molar-refractivity contribution >= 4 is 15.9 Å². The van der Waals surface area contributed by atoms with Crippen LogP contribution in [-0.4, -0.2) is 20.3 Å². The molecule has 0 heterocycles. The van der Waals surface area contributed by atoms with Gasteiger partial charge < -0.3 is 10.1 Å². The fraction of sp³-hybridized carbons (Fsp3) is 0.600. The summed E-state index contributed by atoms with van der Waals surface area (Å²) >= 11 is 3.46. The van der Waals surface area contributed by atoms with Gasteiger partial charge in [-0.05, 0) is 37.4 Å². The van der Waals surface area contributed by atoms with E-state index in [1.165, 1.54) is 6.07 Å². The van der Waals surface area contributed by atoms with Crippen LogP contribution < -0.4 is 5.32 Å². The highest BCUT2D eigenvalue weighted by molar-refractivity contribution is 9.10. The van der Waals surface area contributed by atoms with Gasteiger partial charge in [0.05, 0.1) is 0 Å². The molecule has 0 aromatic heterocycles. The molecule has 2 nitrogen and oxygen atoms in total. The van der Waals surface area contributed by atoms with E-state index in [-0.39, 0.29) is 11.9 Å². The lowest BCUT2D eigenvalue weighted by Gasteiger charge is -2.27. The van der Waals surface area contributed by atoms with Crippen LogP contribution in [0.25, 0.3) is 0 Å². The highest BCUT2D eigenvalue weighted by atomic mass is 79.9. The minimum atomic E-state index is -0.160. The van der Waals surface area contributed by atoms with Gasteiger partial charge in [-0.25, -0.2) is 4.39 Å². The molecule has 0 aliphatic heterocycles. The van der Waals surface area contributed by atoms with Crippen LogP contribution in [0, 0.1) is 11.7 Å². The summed E-state index contributed by atoms with van der Waals surface area (Å²) in [5.74, 6) is 0.145. The van der Waals surface area contributed by atoms with Gasteiger partial charge in [-0.15, -0.1) is 0 Å². The molecule has 2 atom stereocenters. The Labute approximate surface area is 123 Å². The standard InChI is InChI=1S/C15H23BrFNO/c1-4-9-18-15(11(2)8-10-19-3)14-12(16)6-5-7-13(14)17/h5-7,11,15,18H,4,8-10H2,1-3H3. The van der Waals surface area contributed by atoms with Gasteiger partial charge in [0.1, 0.15) is 5.82 Å². The van der Waals surface area contributed by atoms with Crippen LogP contribution in [-0.2, 0) is 4.74 Å². The molecule has 0 aliphatic carbocycles. The molecule has 19 heavy (non-hydrogen) atoms. The Morgan fingerprint density at radius 3 is 2.74 bits per heavy atom. The molecule has 0 radical (unpaired) electrons. The second-order valence-electron chi connectivity index (χ2n) is 4.83. The maximum atomic E-state index is 14.1. The van der Waals surface area contributed by atoms with Gasteiger partial charge in [0.2, 0.25) is 0 Å². The molecule has 0 saturated carbocycles. The van der Waals surface area contributed by atoms with E-state index in [0.29, 0.717) is 12.5 Å². The Balaban J connectivity index is 2.95. The number of methoxy groups -OCH3 is 1. The fourth-order valence-corrected chi connectivity index (χ4v) is 2.75. The molecule has 0 fully saturated rings. The molecule has 0 aliphatic rings. The Bertz CT molecular complexity index is 366. The van der Waals surface area contributed by atoms with Crippen molar-refractivity contribution in [3.05, 3.63) is 34.1 Å². The summed E-state index contributed by atoms with van der Waals surface area (Å²) in [6.45, 7) is 5.81. The summed E-state index contributed by atoms with van der Waals surface area (Å²) in [6.07, 6.45) is 1.93. The lowest BCUT2D eigenvalue weighted by Crippen LogP contribution is -2.29. The summed E-state index contributed by atoms with van der Waals surface area (Å²) in [6, 6.07) is 5.14. The second-order valence-corrected chi connectivity index (χ2v) is 5.68. The van der Waals surface area contributed by atoms with E-state index >= 15 is 0 Å². The molecule has 1 N–H and O–H groups in total. The second kappa shape index (κ2) is 8.67. The predicted molar refractivity (Wildman–Crippen MR) is 80.8 cm³/mol. The summed E-state index contributed by atoms with van der Waals surface area (Å²) in [4.78, 5) is 0. The molecule has 1 aromatic rings. The SMILES string of the molecule is CCCNC(c1c(F)cccc1Br)C(C)CCOC. The van der Waals surface area contributed by atoms with E-state index in [0.717, 1.165) is 29.4 Å². The first kappa shape index (κ1) is 16.6. The first-order valence-electron chi connectivity index (χ1n) is 6.78. The van der Waals surface area contributed by atoms with Crippen molar-refractivity contribution in [2.45, 2.75) is 32.7 Å². The average Bonchev–Trinajstić information content (AvgIpc) is 2.39. The van der Waals surface area contributed by atoms with Crippen LogP contribution in [0.3, 0.4) is 0 Å². The highest BCUT2D eigenvalue weighted by Gasteiger charge is 2.23. The molecular weight excluding hydrogens is 309 g/mol. The van der Waals surface area contributed by atoms with Crippen LogP contribution in [0.4, 0.5) is 4.39 Å². The smallest absolute Gasteiger partial charge is 0.129 e. The third-order valence-electron chi connectivity index (χ3n) is 3.27. The topological polar surface area (TPSA) is 21.3 Å². The number of halogens is 2. The molecule has 2 unspecified atom stereocenters. The van der Waals surface area contributed by atoms with Gasteiger partial charge >= 0.3 is 0 Å². The zero-order valence-corrected chi connectivity index (χ0v) is 13.5. The summed E-state index contributed by atoms with van der Waals surface area (Å²) < 4.78 is 20.1. The number of nitrogens with one attached hydrogen (secondary N) is 1. The van der Waals surface area contributed by atoms with Gasteiger partial charge in [-0.2, -0.15) is 0 Å². The van der Waals surface area contributed by atoms with Crippen LogP contribution >= 0.6 is 15.9 Å². The Hall–Kier alpha value is -0.450. The van der Waals surface area contributed by atoms with Crippen molar-refractivity contribution in [3.63, 3.8) is 0 Å². The van der Waals surface area contributed by atoms with E-state index in [1.54, 1.807) is 13.2 Å². The van der Waals surface area contributed by atoms with Crippen LogP contribution in [0.1, 0.15) is 38.3 Å². The zero-order chi connectivity index (χ0) is 14.3. The number of hydrogen-bond acceptors (Lipinski definition) is 2. The maximum absolute atomic E-state index is 14.1. The van der Waals surface area contributed by atoms with Crippen molar-refractivity contribution in [3.8, 4) is 0 Å². The van der Waals surface area contributed by atoms with Crippen molar-refractivity contribution in [2.24, 2.45) is 5.92 Å². The summed E-state index contributed by atoms with van der Waals surface area (Å²) in [7, 11) is 1.69. The number of benzene rings is 1. The minimum absolute atomic E-state index is 0.00525. The number of ether oxygens (including phenoxy) is 1. The van der Waals surface area contributed by atoms with Gasteiger partial charge in [-0.1, -0.05) is 35.8 Å². The predicted octanol–water partition coefficient (Wildman–Crippen LogP) is 4.30. The van der Waals surface area contributed by atoms with Crippen molar-refractivity contribution < 1.29 is 9.13 Å². The van der Waals surface area contributed by atoms with Crippen molar-refractivity contribution in [2.75, 3.05) is 20.3 Å². The quantitative estimate of drug-likeness (QED) is 0.766. The molecular formula is C15H23BrFNO. The monoisotopic (exact) mass is 331 g/mol. The van der Waals surface area contributed by atoms with Gasteiger partial charge in [-0.3, -0.25) is 0 Å².